The number of hydrogen-bond donors (Lipinski definition) is 1. The lowest BCUT2D eigenvalue weighted by atomic mass is 10.0. The fourth-order valence-corrected chi connectivity index (χ4v) is 7.75. The zero-order valence-corrected chi connectivity index (χ0v) is 46.1. The van der Waals surface area contributed by atoms with Gasteiger partial charge in [0.05, 0.1) is 34.4 Å². The van der Waals surface area contributed by atoms with E-state index < -0.39 is 5.97 Å². The predicted molar refractivity (Wildman–Crippen MR) is 313 cm³/mol. The van der Waals surface area contributed by atoms with Crippen LogP contribution in [0.5, 0.6) is 17.2 Å². The standard InChI is InChI=1S/C14H9NO2.C14H13NOS.C13H9NO2S.C12H16N2O.C10H12N2/c1-2-10-8-12(11-6-4-3-5-7-11)13(14(16)17)15-9-10;1-3-13-14(17-2)9-12(10-15-13)16-11-7-5-4-6-8-11;1-2-12-13(9-6-10-14-12)17-16-15-11-7-4-3-5-8-11;1-5-6-10-7-9(2)11(13-8-10)12(15)14(3)4;1-3-9-5-8(6-11)7-12-10(9)4-2/h1,3-9H,(H,16,17);3-10H,1H2,2H3;1,3-10H;5-8H,1-4H3;5,7H,3-4H2,1-2H3/b;;;6-5+;. The van der Waals surface area contributed by atoms with Gasteiger partial charge in [0.2, 0.25) is 0 Å². The number of allylic oxidation sites excluding steroid dienone is 1. The molecule has 0 aliphatic carbocycles. The van der Waals surface area contributed by atoms with Gasteiger partial charge in [0, 0.05) is 60.6 Å². The monoisotopic (exact) mass is 1070 g/mol. The number of para-hydroxylation sites is 2. The molecule has 13 nitrogen and oxygen atoms in total. The summed E-state index contributed by atoms with van der Waals surface area (Å²) in [4.78, 5) is 51.8. The van der Waals surface area contributed by atoms with E-state index >= 15 is 0 Å². The van der Waals surface area contributed by atoms with Crippen molar-refractivity contribution in [1.82, 2.24) is 29.8 Å². The van der Waals surface area contributed by atoms with Gasteiger partial charge in [-0.05, 0) is 128 Å². The zero-order chi connectivity index (χ0) is 56.7. The number of aromatic carboxylic acids is 1. The van der Waals surface area contributed by atoms with Crippen LogP contribution in [0.1, 0.15) is 86.6 Å². The number of thioether (sulfide) groups is 1. The summed E-state index contributed by atoms with van der Waals surface area (Å²) in [7, 11) is 3.45. The van der Waals surface area contributed by atoms with Crippen molar-refractivity contribution in [3.05, 3.63) is 227 Å². The minimum Gasteiger partial charge on any atom is -0.476 e. The lowest BCUT2D eigenvalue weighted by Gasteiger charge is -2.11. The number of nitrogens with zero attached hydrogens (tertiary/aromatic N) is 7. The minimum absolute atomic E-state index is 0.00944. The van der Waals surface area contributed by atoms with Gasteiger partial charge in [-0.3, -0.25) is 19.7 Å². The van der Waals surface area contributed by atoms with Crippen LogP contribution in [0.15, 0.2) is 181 Å². The molecule has 5 heterocycles. The highest BCUT2D eigenvalue weighted by Crippen LogP contribution is 2.28. The number of benzene rings is 3. The number of rotatable bonds is 14. The fraction of sp³-hybridized carbons (Fsp3) is 0.143. The highest BCUT2D eigenvalue weighted by atomic mass is 32.2. The number of nitriles is 1. The second-order valence-electron chi connectivity index (χ2n) is 16.1. The third kappa shape index (κ3) is 19.8. The van der Waals surface area contributed by atoms with Crippen molar-refractivity contribution in [2.45, 2.75) is 50.3 Å². The zero-order valence-electron chi connectivity index (χ0n) is 44.5. The van der Waals surface area contributed by atoms with Crippen LogP contribution in [0.2, 0.25) is 0 Å². The average Bonchev–Trinajstić information content (AvgIpc) is 3.49. The Morgan fingerprint density at radius 1 is 0.744 bits per heavy atom. The van der Waals surface area contributed by atoms with Crippen molar-refractivity contribution in [1.29, 1.82) is 5.26 Å². The van der Waals surface area contributed by atoms with Crippen LogP contribution < -0.4 is 9.62 Å². The Hall–Kier alpha value is -9.30. The molecular formula is C63H59N7O6S2. The lowest BCUT2D eigenvalue weighted by molar-refractivity contribution is -0.0777. The Bertz CT molecular complexity index is 3370. The molecule has 0 saturated heterocycles. The van der Waals surface area contributed by atoms with Gasteiger partial charge in [0.25, 0.3) is 5.91 Å². The third-order valence-electron chi connectivity index (χ3n) is 10.5. The maximum absolute atomic E-state index is 11.7. The summed E-state index contributed by atoms with van der Waals surface area (Å²) in [5, 5.41) is 17.7. The van der Waals surface area contributed by atoms with Crippen LogP contribution in [0.25, 0.3) is 23.3 Å². The van der Waals surface area contributed by atoms with E-state index in [2.05, 4.69) is 63.3 Å². The highest BCUT2D eigenvalue weighted by Gasteiger charge is 2.14. The number of carboxylic acids is 1. The molecule has 5 aromatic heterocycles. The molecule has 8 aromatic rings. The topological polar surface area (TPSA) is 174 Å². The number of aromatic nitrogens is 5. The van der Waals surface area contributed by atoms with Crippen LogP contribution in [-0.2, 0) is 17.2 Å². The van der Waals surface area contributed by atoms with E-state index in [9.17, 15) is 9.59 Å². The first-order valence-corrected chi connectivity index (χ1v) is 26.1. The van der Waals surface area contributed by atoms with E-state index in [0.29, 0.717) is 33.8 Å². The van der Waals surface area contributed by atoms with Crippen LogP contribution in [-0.4, -0.2) is 67.2 Å². The summed E-state index contributed by atoms with van der Waals surface area (Å²) in [5.41, 5.74) is 8.72. The van der Waals surface area contributed by atoms with Crippen LogP contribution in [0.4, 0.5) is 0 Å². The summed E-state index contributed by atoms with van der Waals surface area (Å²) in [6, 6.07) is 41.3. The van der Waals surface area contributed by atoms with Gasteiger partial charge >= 0.3 is 5.97 Å². The Kier molecular flexibility index (Phi) is 26.4. The molecule has 8 rings (SSSR count). The molecule has 15 heteroatoms. The number of amides is 1. The molecule has 0 bridgehead atoms. The summed E-state index contributed by atoms with van der Waals surface area (Å²) in [5.74, 6) is 5.99. The van der Waals surface area contributed by atoms with Gasteiger partial charge in [-0.1, -0.05) is 105 Å². The molecule has 1 N–H and O–H groups in total. The molecule has 0 fully saturated rings. The molecule has 0 unspecified atom stereocenters. The second-order valence-corrected chi connectivity index (χ2v) is 17.7. The van der Waals surface area contributed by atoms with E-state index in [1.165, 1.54) is 16.7 Å². The van der Waals surface area contributed by atoms with Crippen molar-refractivity contribution < 1.29 is 28.7 Å². The second kappa shape index (κ2) is 33.6. The van der Waals surface area contributed by atoms with E-state index in [0.717, 1.165) is 74.3 Å². The van der Waals surface area contributed by atoms with Gasteiger partial charge < -0.3 is 19.6 Å². The highest BCUT2D eigenvalue weighted by molar-refractivity contribution is 7.98. The molecule has 0 aliphatic heterocycles. The van der Waals surface area contributed by atoms with Crippen molar-refractivity contribution in [2.24, 2.45) is 0 Å². The van der Waals surface area contributed by atoms with Gasteiger partial charge in [-0.2, -0.15) is 5.26 Å². The first-order valence-electron chi connectivity index (χ1n) is 24.1. The summed E-state index contributed by atoms with van der Waals surface area (Å²) >= 11 is 2.67. The number of hydrogen-bond acceptors (Lipinski definition) is 13. The molecule has 394 valence electrons. The number of carbonyl (C=O) groups excluding carboxylic acids is 1. The van der Waals surface area contributed by atoms with E-state index in [-0.39, 0.29) is 11.6 Å². The number of aryl methyl sites for hydroxylation is 3. The van der Waals surface area contributed by atoms with Crippen molar-refractivity contribution >= 4 is 47.8 Å². The molecular weight excluding hydrogens is 1010 g/mol. The molecule has 0 radical (unpaired) electrons. The van der Waals surface area contributed by atoms with Gasteiger partial charge in [-0.25, -0.2) is 14.8 Å². The molecule has 0 saturated carbocycles. The fourth-order valence-electron chi connectivity index (χ4n) is 6.66. The number of pyridine rings is 5. The average molecular weight is 1070 g/mol. The third-order valence-corrected chi connectivity index (χ3v) is 11.9. The van der Waals surface area contributed by atoms with Crippen molar-refractivity contribution in [2.75, 3.05) is 20.4 Å². The molecule has 0 aliphatic rings. The van der Waals surface area contributed by atoms with Gasteiger partial charge in [0.15, 0.2) is 11.4 Å². The van der Waals surface area contributed by atoms with Crippen molar-refractivity contribution in [3.8, 4) is 59.1 Å². The first kappa shape index (κ1) is 61.2. The first-order chi connectivity index (χ1) is 37.8. The minimum atomic E-state index is -1.06. The van der Waals surface area contributed by atoms with Gasteiger partial charge in [0.1, 0.15) is 29.0 Å². The Morgan fingerprint density at radius 3 is 1.96 bits per heavy atom. The molecule has 78 heavy (non-hydrogen) atoms. The predicted octanol–water partition coefficient (Wildman–Crippen LogP) is 14.0. The van der Waals surface area contributed by atoms with Crippen LogP contribution >= 0.6 is 23.8 Å². The Morgan fingerprint density at radius 2 is 1.40 bits per heavy atom. The SMILES string of the molecule is C#Cc1cnc(C(=O)O)c(-c2ccccc2)c1.C#Cc1ncccc1SOOc1ccccc1.C/C=C/c1cnc(C(=O)N(C)C)c(C)c1.C=Cc1ncc(Oc2ccccc2)cc1SC.CCc1cc(C#N)cnc1CC. The number of terminal acetylenes is 2. The molecule has 0 spiro atoms. The molecule has 1 amide bonds. The molecule has 0 atom stereocenters. The van der Waals surface area contributed by atoms with Crippen molar-refractivity contribution in [3.63, 3.8) is 0 Å². The summed E-state index contributed by atoms with van der Waals surface area (Å²) in [6.45, 7) is 11.7. The lowest BCUT2D eigenvalue weighted by Crippen LogP contribution is -2.23. The summed E-state index contributed by atoms with van der Waals surface area (Å²) in [6.07, 6.45) is 28.2. The van der Waals surface area contributed by atoms with Gasteiger partial charge in [-0.15, -0.1) is 28.9 Å². The van der Waals surface area contributed by atoms with E-state index in [4.69, 9.17) is 37.2 Å². The van der Waals surface area contributed by atoms with E-state index in [1.807, 2.05) is 135 Å². The van der Waals surface area contributed by atoms with Crippen LogP contribution in [0, 0.1) is 42.9 Å². The number of carbonyl (C=O) groups is 2. The van der Waals surface area contributed by atoms with E-state index in [1.54, 1.807) is 81.0 Å². The smallest absolute Gasteiger partial charge is 0.355 e. The molecule has 3 aromatic carbocycles. The Labute approximate surface area is 466 Å². The number of carboxylic acid groups (broad SMARTS) is 1. The van der Waals surface area contributed by atoms with Crippen LogP contribution in [0.3, 0.4) is 0 Å². The number of ether oxygens (including phenoxy) is 1. The normalized spacial score (nSPS) is 9.85. The quantitative estimate of drug-likeness (QED) is 0.0358. The summed E-state index contributed by atoms with van der Waals surface area (Å²) < 4.78 is 10.7. The maximum Gasteiger partial charge on any atom is 0.355 e. The maximum atomic E-state index is 11.7. The Balaban J connectivity index is 0.000000211. The largest absolute Gasteiger partial charge is 0.476 e.